The lowest BCUT2D eigenvalue weighted by atomic mass is 10.1. The van der Waals surface area contributed by atoms with Gasteiger partial charge in [0.1, 0.15) is 0 Å². The van der Waals surface area contributed by atoms with Gasteiger partial charge in [0, 0.05) is 22.6 Å². The molecule has 1 N–H and O–H groups in total. The smallest absolute Gasteiger partial charge is 0.231 e. The van der Waals surface area contributed by atoms with Gasteiger partial charge in [-0.1, -0.05) is 15.9 Å². The Kier molecular flexibility index (Phi) is 5.33. The minimum Gasteiger partial charge on any atom is -0.493 e. The summed E-state index contributed by atoms with van der Waals surface area (Å²) in [7, 11) is 3.17. The number of hydrogen-bond donors (Lipinski definition) is 1. The summed E-state index contributed by atoms with van der Waals surface area (Å²) in [6.45, 7) is 0.208. The van der Waals surface area contributed by atoms with Crippen molar-refractivity contribution in [1.29, 1.82) is 0 Å². The second kappa shape index (κ2) is 7.65. The zero-order chi connectivity index (χ0) is 17.8. The zero-order valence-electron chi connectivity index (χ0n) is 13.9. The molecule has 0 aromatic heterocycles. The number of hydrogen-bond acceptors (Lipinski definition) is 5. The number of methoxy groups -OCH3 is 2. The Hall–Kier alpha value is -2.41. The summed E-state index contributed by atoms with van der Waals surface area (Å²) in [6.07, 6.45) is 0.903. The quantitative estimate of drug-likeness (QED) is 0.789. The van der Waals surface area contributed by atoms with E-state index in [2.05, 4.69) is 21.2 Å². The molecule has 0 saturated carbocycles. The van der Waals surface area contributed by atoms with Gasteiger partial charge in [-0.05, 0) is 36.2 Å². The summed E-state index contributed by atoms with van der Waals surface area (Å²) in [4.78, 5) is 12.2. The second-order valence-corrected chi connectivity index (χ2v) is 6.27. The number of rotatable bonds is 6. The zero-order valence-corrected chi connectivity index (χ0v) is 15.5. The van der Waals surface area contributed by atoms with Crippen molar-refractivity contribution < 1.29 is 23.7 Å². The number of carbonyl (C=O) groups is 1. The summed E-state index contributed by atoms with van der Waals surface area (Å²) in [5.74, 6) is 2.52. The van der Waals surface area contributed by atoms with E-state index in [-0.39, 0.29) is 12.7 Å². The first-order chi connectivity index (χ1) is 12.1. The van der Waals surface area contributed by atoms with E-state index in [1.54, 1.807) is 32.4 Å². The minimum absolute atomic E-state index is 0.0828. The van der Waals surface area contributed by atoms with Gasteiger partial charge in [0.05, 0.1) is 14.2 Å². The topological polar surface area (TPSA) is 66.0 Å². The standard InChI is InChI=1S/C18H18BrNO5/c1-22-15-7-11(13(19)9-16(15)23-2)3-6-18(21)20-12-4-5-14-17(8-12)25-10-24-14/h4-5,7-9H,3,6,10H2,1-2H3,(H,20,21). The molecule has 0 fully saturated rings. The molecule has 1 heterocycles. The van der Waals surface area contributed by atoms with Crippen molar-refractivity contribution in [3.8, 4) is 23.0 Å². The third kappa shape index (κ3) is 3.99. The van der Waals surface area contributed by atoms with Gasteiger partial charge in [0.2, 0.25) is 12.7 Å². The first kappa shape index (κ1) is 17.4. The predicted molar refractivity (Wildman–Crippen MR) is 96.8 cm³/mol. The van der Waals surface area contributed by atoms with Gasteiger partial charge >= 0.3 is 0 Å². The van der Waals surface area contributed by atoms with Crippen LogP contribution >= 0.6 is 15.9 Å². The first-order valence-electron chi connectivity index (χ1n) is 7.70. The van der Waals surface area contributed by atoms with Crippen LogP contribution in [0.3, 0.4) is 0 Å². The fourth-order valence-electron chi connectivity index (χ4n) is 2.53. The number of ether oxygens (including phenoxy) is 4. The van der Waals surface area contributed by atoms with Crippen LogP contribution in [0.4, 0.5) is 5.69 Å². The van der Waals surface area contributed by atoms with Crippen LogP contribution in [0.1, 0.15) is 12.0 Å². The third-order valence-electron chi connectivity index (χ3n) is 3.83. The van der Waals surface area contributed by atoms with Gasteiger partial charge in [-0.25, -0.2) is 0 Å². The first-order valence-corrected chi connectivity index (χ1v) is 8.50. The number of aryl methyl sites for hydroxylation is 1. The maximum absolute atomic E-state index is 12.2. The molecule has 1 aliphatic rings. The minimum atomic E-state index is -0.0828. The third-order valence-corrected chi connectivity index (χ3v) is 4.57. The molecular formula is C18H18BrNO5. The monoisotopic (exact) mass is 407 g/mol. The summed E-state index contributed by atoms with van der Waals surface area (Å²) in [6, 6.07) is 9.04. The molecule has 2 aromatic carbocycles. The van der Waals surface area contributed by atoms with Crippen molar-refractivity contribution in [2.75, 3.05) is 26.3 Å². The number of nitrogens with one attached hydrogen (secondary N) is 1. The van der Waals surface area contributed by atoms with Gasteiger partial charge in [0.25, 0.3) is 0 Å². The molecule has 25 heavy (non-hydrogen) atoms. The van der Waals surface area contributed by atoms with E-state index in [4.69, 9.17) is 18.9 Å². The maximum atomic E-state index is 12.2. The Bertz CT molecular complexity index is 793. The highest BCUT2D eigenvalue weighted by Crippen LogP contribution is 2.35. The van der Waals surface area contributed by atoms with E-state index in [1.807, 2.05) is 12.1 Å². The normalized spacial score (nSPS) is 12.0. The molecule has 1 aliphatic heterocycles. The lowest BCUT2D eigenvalue weighted by Crippen LogP contribution is -2.12. The molecule has 0 bridgehead atoms. The molecule has 3 rings (SSSR count). The molecule has 6 nitrogen and oxygen atoms in total. The molecule has 132 valence electrons. The van der Waals surface area contributed by atoms with Crippen molar-refractivity contribution in [2.24, 2.45) is 0 Å². The van der Waals surface area contributed by atoms with E-state index < -0.39 is 0 Å². The van der Waals surface area contributed by atoms with Gasteiger partial charge < -0.3 is 24.3 Å². The van der Waals surface area contributed by atoms with Gasteiger partial charge in [-0.2, -0.15) is 0 Å². The van der Waals surface area contributed by atoms with Crippen molar-refractivity contribution in [3.63, 3.8) is 0 Å². The van der Waals surface area contributed by atoms with E-state index in [1.165, 1.54) is 0 Å². The number of carbonyl (C=O) groups excluding carboxylic acids is 1. The van der Waals surface area contributed by atoms with Crippen molar-refractivity contribution in [3.05, 3.63) is 40.4 Å². The lowest BCUT2D eigenvalue weighted by Gasteiger charge is -2.12. The van der Waals surface area contributed by atoms with Crippen LogP contribution in [-0.2, 0) is 11.2 Å². The average Bonchev–Trinajstić information content (AvgIpc) is 3.08. The second-order valence-electron chi connectivity index (χ2n) is 5.41. The summed E-state index contributed by atoms with van der Waals surface area (Å²) >= 11 is 3.50. The van der Waals surface area contributed by atoms with Crippen molar-refractivity contribution in [2.45, 2.75) is 12.8 Å². The predicted octanol–water partition coefficient (Wildman–Crippen LogP) is 3.77. The van der Waals surface area contributed by atoms with E-state index >= 15 is 0 Å². The molecular weight excluding hydrogens is 390 g/mol. The van der Waals surface area contributed by atoms with E-state index in [0.717, 1.165) is 10.0 Å². The highest BCUT2D eigenvalue weighted by molar-refractivity contribution is 9.10. The number of amides is 1. The van der Waals surface area contributed by atoms with Crippen LogP contribution < -0.4 is 24.3 Å². The molecule has 0 spiro atoms. The number of halogens is 1. The molecule has 0 radical (unpaired) electrons. The fourth-order valence-corrected chi connectivity index (χ4v) is 3.05. The fraction of sp³-hybridized carbons (Fsp3) is 0.278. The summed E-state index contributed by atoms with van der Waals surface area (Å²) in [5, 5.41) is 2.87. The van der Waals surface area contributed by atoms with Crippen LogP contribution in [0.5, 0.6) is 23.0 Å². The molecule has 2 aromatic rings. The highest BCUT2D eigenvalue weighted by Gasteiger charge is 2.15. The largest absolute Gasteiger partial charge is 0.493 e. The Balaban J connectivity index is 1.62. The van der Waals surface area contributed by atoms with Gasteiger partial charge in [0.15, 0.2) is 23.0 Å². The Morgan fingerprint density at radius 3 is 2.60 bits per heavy atom. The Morgan fingerprint density at radius 1 is 1.12 bits per heavy atom. The Morgan fingerprint density at radius 2 is 1.84 bits per heavy atom. The van der Waals surface area contributed by atoms with Crippen LogP contribution in [0, 0.1) is 0 Å². The number of fused-ring (bicyclic) bond motifs is 1. The van der Waals surface area contributed by atoms with Crippen molar-refractivity contribution >= 4 is 27.5 Å². The molecule has 0 unspecified atom stereocenters. The number of anilines is 1. The Labute approximate surface area is 154 Å². The summed E-state index contributed by atoms with van der Waals surface area (Å²) < 4.78 is 22.0. The van der Waals surface area contributed by atoms with Crippen LogP contribution in [0.25, 0.3) is 0 Å². The van der Waals surface area contributed by atoms with Gasteiger partial charge in [-0.3, -0.25) is 4.79 Å². The highest BCUT2D eigenvalue weighted by atomic mass is 79.9. The van der Waals surface area contributed by atoms with Crippen LogP contribution in [-0.4, -0.2) is 26.9 Å². The molecule has 0 atom stereocenters. The van der Waals surface area contributed by atoms with Crippen LogP contribution in [0.15, 0.2) is 34.8 Å². The number of benzene rings is 2. The van der Waals surface area contributed by atoms with Gasteiger partial charge in [-0.15, -0.1) is 0 Å². The molecule has 0 saturated heterocycles. The summed E-state index contributed by atoms with van der Waals surface area (Å²) in [5.41, 5.74) is 1.65. The van der Waals surface area contributed by atoms with E-state index in [0.29, 0.717) is 41.5 Å². The van der Waals surface area contributed by atoms with E-state index in [9.17, 15) is 4.79 Å². The molecule has 0 aliphatic carbocycles. The van der Waals surface area contributed by atoms with Crippen molar-refractivity contribution in [1.82, 2.24) is 0 Å². The molecule has 1 amide bonds. The molecule has 7 heteroatoms. The maximum Gasteiger partial charge on any atom is 0.231 e. The van der Waals surface area contributed by atoms with Crippen LogP contribution in [0.2, 0.25) is 0 Å². The SMILES string of the molecule is COc1cc(Br)c(CCC(=O)Nc2ccc3c(c2)OCO3)cc1OC. The lowest BCUT2D eigenvalue weighted by molar-refractivity contribution is -0.116. The average molecular weight is 408 g/mol.